The first-order valence-electron chi connectivity index (χ1n) is 21.9. The summed E-state index contributed by atoms with van der Waals surface area (Å²) in [6, 6.07) is 54.3. The molecule has 7 aromatic carbocycles. The highest BCUT2D eigenvalue weighted by Gasteiger charge is 2.13. The maximum Gasteiger partial charge on any atom is 0.119 e. The predicted octanol–water partition coefficient (Wildman–Crippen LogP) is 18.5. The maximum absolute atomic E-state index is 5.93. The first-order chi connectivity index (χ1) is 31.8. The second kappa shape index (κ2) is 24.5. The number of thioether (sulfide) groups is 1. The van der Waals surface area contributed by atoms with E-state index in [9.17, 15) is 0 Å². The van der Waals surface area contributed by atoms with E-state index in [1.807, 2.05) is 0 Å². The Bertz CT molecular complexity index is 2310. The molecule has 0 spiro atoms. The van der Waals surface area contributed by atoms with Crippen LogP contribution < -0.4 is 18.9 Å². The molecule has 0 aliphatic heterocycles. The van der Waals surface area contributed by atoms with Gasteiger partial charge in [-0.1, -0.05) is 70.6 Å². The summed E-state index contributed by atoms with van der Waals surface area (Å²) in [6.07, 6.45) is 2.67. The third-order valence-corrected chi connectivity index (χ3v) is 15.5. The van der Waals surface area contributed by atoms with Crippen molar-refractivity contribution in [3.63, 3.8) is 0 Å². The molecule has 0 atom stereocenters. The largest absolute Gasteiger partial charge is 0.491 e. The van der Waals surface area contributed by atoms with Gasteiger partial charge in [-0.2, -0.15) is 0 Å². The van der Waals surface area contributed by atoms with Crippen molar-refractivity contribution in [1.29, 1.82) is 0 Å². The molecule has 0 bridgehead atoms. The van der Waals surface area contributed by atoms with Crippen LogP contribution in [0.15, 0.2) is 215 Å². The molecule has 0 radical (unpaired) electrons. The molecule has 0 fully saturated rings. The van der Waals surface area contributed by atoms with Crippen molar-refractivity contribution in [3.05, 3.63) is 152 Å². The lowest BCUT2D eigenvalue weighted by Gasteiger charge is -2.14. The van der Waals surface area contributed by atoms with Crippen molar-refractivity contribution in [2.75, 3.05) is 6.26 Å². The Labute approximate surface area is 422 Å². The Morgan fingerprint density at radius 2 is 0.409 bits per heavy atom. The Balaban J connectivity index is 1.17. The quantitative estimate of drug-likeness (QED) is 0.0646. The third kappa shape index (κ3) is 16.2. The molecule has 66 heavy (non-hydrogen) atoms. The number of hydrogen-bond acceptors (Lipinski definition) is 11. The van der Waals surface area contributed by atoms with Gasteiger partial charge in [0.2, 0.25) is 0 Å². The molecule has 0 saturated heterocycles. The Morgan fingerprint density at radius 3 is 0.576 bits per heavy atom. The summed E-state index contributed by atoms with van der Waals surface area (Å²) in [7, 11) is 0. The van der Waals surface area contributed by atoms with Gasteiger partial charge in [0.05, 0.1) is 24.4 Å². The standard InChI is InChI=1S/C55H56O4S7/c1-35(2)56-39-10-18-43(19-11-39)61-50-29-51(62-44-20-12-40(13-21-44)57-36(3)4)32-54(31-50)65-48-26-47(60-9)27-49(28-48)66-55-33-52(63-45-22-14-41(15-23-45)58-37(5)6)30-53(34-55)64-46-24-16-42(17-25-46)59-38(7)8/h10-38H,1-9H3. The highest BCUT2D eigenvalue weighted by atomic mass is 32.2. The molecule has 0 saturated carbocycles. The third-order valence-electron chi connectivity index (χ3n) is 8.99. The van der Waals surface area contributed by atoms with Crippen LogP contribution in [0, 0.1) is 0 Å². The van der Waals surface area contributed by atoms with Gasteiger partial charge >= 0.3 is 0 Å². The van der Waals surface area contributed by atoms with Crippen molar-refractivity contribution >= 4 is 82.3 Å². The first kappa shape index (κ1) is 50.1. The van der Waals surface area contributed by atoms with Crippen molar-refractivity contribution in [1.82, 2.24) is 0 Å². The fourth-order valence-electron chi connectivity index (χ4n) is 6.48. The van der Waals surface area contributed by atoms with Crippen LogP contribution in [0.5, 0.6) is 23.0 Å². The van der Waals surface area contributed by atoms with E-state index < -0.39 is 0 Å². The minimum absolute atomic E-state index is 0.130. The first-order valence-corrected chi connectivity index (χ1v) is 28.0. The average molecular weight is 1010 g/mol. The summed E-state index contributed by atoms with van der Waals surface area (Å²) in [5.74, 6) is 3.53. The summed E-state index contributed by atoms with van der Waals surface area (Å²) in [5, 5.41) is 0. The van der Waals surface area contributed by atoms with E-state index in [4.69, 9.17) is 18.9 Å². The van der Waals surface area contributed by atoms with Crippen LogP contribution in [0.3, 0.4) is 0 Å². The molecule has 7 rings (SSSR count). The van der Waals surface area contributed by atoms with E-state index in [0.29, 0.717) is 0 Å². The van der Waals surface area contributed by atoms with Crippen LogP contribution in [0.4, 0.5) is 0 Å². The molecule has 0 aromatic heterocycles. The van der Waals surface area contributed by atoms with Gasteiger partial charge < -0.3 is 18.9 Å². The zero-order valence-corrected chi connectivity index (χ0v) is 44.4. The van der Waals surface area contributed by atoms with E-state index in [2.05, 4.69) is 213 Å². The zero-order valence-electron chi connectivity index (χ0n) is 38.7. The van der Waals surface area contributed by atoms with E-state index in [1.54, 1.807) is 82.3 Å². The van der Waals surface area contributed by atoms with Crippen LogP contribution in [0.2, 0.25) is 0 Å². The number of rotatable bonds is 21. The van der Waals surface area contributed by atoms with Crippen LogP contribution in [-0.4, -0.2) is 30.7 Å². The zero-order chi connectivity index (χ0) is 46.6. The van der Waals surface area contributed by atoms with Crippen LogP contribution in [-0.2, 0) is 0 Å². The second-order valence-corrected chi connectivity index (χ2v) is 24.1. The molecule has 0 N–H and O–H groups in total. The fourth-order valence-corrected chi connectivity index (χ4v) is 13.3. The molecule has 7 aromatic rings. The van der Waals surface area contributed by atoms with Crippen molar-refractivity contribution < 1.29 is 18.9 Å². The Kier molecular flexibility index (Phi) is 18.6. The summed E-state index contributed by atoms with van der Waals surface area (Å²) >= 11 is 12.5. The summed E-state index contributed by atoms with van der Waals surface area (Å²) in [5.41, 5.74) is 0. The van der Waals surface area contributed by atoms with Gasteiger partial charge in [0.25, 0.3) is 0 Å². The highest BCUT2D eigenvalue weighted by Crippen LogP contribution is 2.44. The number of benzene rings is 7. The molecule has 11 heteroatoms. The maximum atomic E-state index is 5.93. The van der Waals surface area contributed by atoms with Gasteiger partial charge in [0, 0.05) is 63.6 Å². The van der Waals surface area contributed by atoms with Gasteiger partial charge in [-0.3, -0.25) is 0 Å². The van der Waals surface area contributed by atoms with Gasteiger partial charge in [-0.25, -0.2) is 0 Å². The summed E-state index contributed by atoms with van der Waals surface area (Å²) in [6.45, 7) is 16.4. The molecule has 0 amide bonds. The lowest BCUT2D eigenvalue weighted by Crippen LogP contribution is -2.05. The summed E-state index contributed by atoms with van der Waals surface area (Å²) < 4.78 is 23.7. The molecular formula is C55H56O4S7. The molecule has 4 nitrogen and oxygen atoms in total. The van der Waals surface area contributed by atoms with Gasteiger partial charge in [-0.15, -0.1) is 11.8 Å². The average Bonchev–Trinajstić information content (AvgIpc) is 3.25. The van der Waals surface area contributed by atoms with Crippen LogP contribution in [0.25, 0.3) is 0 Å². The second-order valence-electron chi connectivity index (χ2n) is 16.3. The van der Waals surface area contributed by atoms with Crippen molar-refractivity contribution in [2.24, 2.45) is 0 Å². The molecule has 0 heterocycles. The molecule has 0 aliphatic carbocycles. The van der Waals surface area contributed by atoms with Crippen molar-refractivity contribution in [3.8, 4) is 23.0 Å². The minimum Gasteiger partial charge on any atom is -0.491 e. The lowest BCUT2D eigenvalue weighted by atomic mass is 10.3. The molecule has 0 unspecified atom stereocenters. The monoisotopic (exact) mass is 1000 g/mol. The predicted molar refractivity (Wildman–Crippen MR) is 285 cm³/mol. The van der Waals surface area contributed by atoms with Crippen molar-refractivity contribution in [2.45, 2.75) is 143 Å². The topological polar surface area (TPSA) is 36.9 Å². The highest BCUT2D eigenvalue weighted by molar-refractivity contribution is 8.02. The van der Waals surface area contributed by atoms with E-state index in [-0.39, 0.29) is 24.4 Å². The van der Waals surface area contributed by atoms with E-state index in [1.165, 1.54) is 44.1 Å². The molecule has 342 valence electrons. The lowest BCUT2D eigenvalue weighted by molar-refractivity contribution is 0.242. The number of ether oxygens (including phenoxy) is 4. The van der Waals surface area contributed by atoms with Gasteiger partial charge in [0.1, 0.15) is 23.0 Å². The normalized spacial score (nSPS) is 11.5. The molecular weight excluding hydrogens is 949 g/mol. The Hall–Kier alpha value is -3.81. The van der Waals surface area contributed by atoms with Crippen LogP contribution >= 0.6 is 82.3 Å². The van der Waals surface area contributed by atoms with E-state index >= 15 is 0 Å². The van der Waals surface area contributed by atoms with Gasteiger partial charge in [0.15, 0.2) is 0 Å². The Morgan fingerprint density at radius 1 is 0.242 bits per heavy atom. The van der Waals surface area contributed by atoms with Crippen LogP contribution in [0.1, 0.15) is 55.4 Å². The fraction of sp³-hybridized carbons (Fsp3) is 0.236. The van der Waals surface area contributed by atoms with Gasteiger partial charge in [-0.05, 0) is 213 Å². The SMILES string of the molecule is CSc1cc(Sc2cc(Sc3ccc(OC(C)C)cc3)cc(Sc3ccc(OC(C)C)cc3)c2)cc(Sc2cc(Sc3ccc(OC(C)C)cc3)cc(Sc3ccc(OC(C)C)cc3)c2)c1. The van der Waals surface area contributed by atoms with E-state index in [0.717, 1.165) is 42.6 Å². The number of hydrogen-bond donors (Lipinski definition) is 0. The summed E-state index contributed by atoms with van der Waals surface area (Å²) in [4.78, 5) is 15.3. The molecule has 0 aliphatic rings. The smallest absolute Gasteiger partial charge is 0.119 e. The minimum atomic E-state index is 0.130.